The van der Waals surface area contributed by atoms with Gasteiger partial charge in [-0.25, -0.2) is 4.39 Å². The van der Waals surface area contributed by atoms with Gasteiger partial charge in [0.05, 0.1) is 13.7 Å². The minimum atomic E-state index is -2.72. The van der Waals surface area contributed by atoms with Crippen molar-refractivity contribution >= 4 is 23.7 Å². The predicted molar refractivity (Wildman–Crippen MR) is 120 cm³/mol. The van der Waals surface area contributed by atoms with Crippen LogP contribution in [0.2, 0.25) is 0 Å². The first-order chi connectivity index (χ1) is 15.2. The Hall–Kier alpha value is -3.45. The monoisotopic (exact) mass is 442 g/mol. The molecule has 1 atom stereocenters. The largest absolute Gasteiger partial charge is 0.508 e. The third-order valence-electron chi connectivity index (χ3n) is 4.99. The van der Waals surface area contributed by atoms with Crippen molar-refractivity contribution < 1.29 is 34.0 Å². The van der Waals surface area contributed by atoms with Crippen molar-refractivity contribution in [3.8, 4) is 17.2 Å². The average Bonchev–Trinajstić information content (AvgIpc) is 2.80. The Morgan fingerprint density at radius 3 is 2.09 bits per heavy atom. The number of benzene rings is 2. The molecule has 0 aromatic heterocycles. The number of aliphatic hydroxyl groups excluding tert-OH is 1. The highest BCUT2D eigenvalue weighted by Gasteiger charge is 2.42. The van der Waals surface area contributed by atoms with Crippen molar-refractivity contribution in [2.24, 2.45) is 0 Å². The van der Waals surface area contributed by atoms with Gasteiger partial charge in [0.1, 0.15) is 5.75 Å². The highest BCUT2D eigenvalue weighted by Crippen LogP contribution is 2.28. The highest BCUT2D eigenvalue weighted by molar-refractivity contribution is 6.20. The van der Waals surface area contributed by atoms with E-state index in [4.69, 9.17) is 4.74 Å². The van der Waals surface area contributed by atoms with Crippen molar-refractivity contribution in [1.82, 2.24) is 0 Å². The third-order valence-corrected chi connectivity index (χ3v) is 4.99. The number of phenolic OH excluding ortho intramolecular Hbond substituents is 1. The third kappa shape index (κ3) is 6.04. The predicted octanol–water partition coefficient (Wildman–Crippen LogP) is 4.36. The number of hydrogen-bond donors (Lipinski definition) is 3. The van der Waals surface area contributed by atoms with Gasteiger partial charge in [0.25, 0.3) is 0 Å². The maximum Gasteiger partial charge on any atom is 0.234 e. The normalized spacial score (nSPS) is 13.4. The Bertz CT molecular complexity index is 950. The number of phenols is 2. The molecule has 6 nitrogen and oxygen atoms in total. The first kappa shape index (κ1) is 24.8. The molecule has 0 aliphatic heterocycles. The Balaban J connectivity index is 2.27. The Morgan fingerprint density at radius 1 is 1.00 bits per heavy atom. The van der Waals surface area contributed by atoms with Crippen LogP contribution >= 0.6 is 0 Å². The number of carbonyl (C=O) groups is 2. The number of allylic oxidation sites excluding steroid dienone is 2. The van der Waals surface area contributed by atoms with Crippen LogP contribution in [-0.4, -0.2) is 39.7 Å². The van der Waals surface area contributed by atoms with E-state index in [0.717, 1.165) is 12.2 Å². The van der Waals surface area contributed by atoms with E-state index in [-0.39, 0.29) is 29.2 Å². The Labute approximate surface area is 186 Å². The molecule has 0 radical (unpaired) electrons. The second-order valence-corrected chi connectivity index (χ2v) is 7.28. The quantitative estimate of drug-likeness (QED) is 0.353. The minimum absolute atomic E-state index is 0.0716. The summed E-state index contributed by atoms with van der Waals surface area (Å²) in [7, 11) is 1.38. The van der Waals surface area contributed by atoms with Crippen LogP contribution in [0.1, 0.15) is 42.9 Å². The first-order valence-electron chi connectivity index (χ1n) is 10.2. The van der Waals surface area contributed by atoms with Crippen LogP contribution in [0.4, 0.5) is 4.39 Å². The summed E-state index contributed by atoms with van der Waals surface area (Å²) in [5, 5.41) is 28.5. The van der Waals surface area contributed by atoms with E-state index in [2.05, 4.69) is 0 Å². The van der Waals surface area contributed by atoms with E-state index in [1.807, 2.05) is 6.92 Å². The van der Waals surface area contributed by atoms with Gasteiger partial charge in [0.15, 0.2) is 11.5 Å². The molecule has 170 valence electrons. The van der Waals surface area contributed by atoms with Gasteiger partial charge in [-0.15, -0.1) is 0 Å². The summed E-state index contributed by atoms with van der Waals surface area (Å²) < 4.78 is 20.7. The number of alkyl halides is 1. The van der Waals surface area contributed by atoms with Gasteiger partial charge in [0, 0.05) is 5.56 Å². The second kappa shape index (κ2) is 11.2. The molecule has 0 aliphatic carbocycles. The van der Waals surface area contributed by atoms with Gasteiger partial charge < -0.3 is 20.1 Å². The Kier molecular flexibility index (Phi) is 8.72. The summed E-state index contributed by atoms with van der Waals surface area (Å²) in [4.78, 5) is 25.4. The number of rotatable bonds is 11. The molecule has 0 aliphatic rings. The summed E-state index contributed by atoms with van der Waals surface area (Å²) in [6, 6.07) is 8.72. The van der Waals surface area contributed by atoms with Crippen LogP contribution in [-0.2, 0) is 16.2 Å². The van der Waals surface area contributed by atoms with Crippen molar-refractivity contribution in [3.05, 3.63) is 65.2 Å². The number of ketones is 2. The maximum atomic E-state index is 15.6. The van der Waals surface area contributed by atoms with E-state index in [0.29, 0.717) is 24.0 Å². The molecule has 0 heterocycles. The van der Waals surface area contributed by atoms with Crippen molar-refractivity contribution in [2.45, 2.75) is 38.5 Å². The van der Waals surface area contributed by atoms with Crippen molar-refractivity contribution in [3.63, 3.8) is 0 Å². The lowest BCUT2D eigenvalue weighted by Crippen LogP contribution is -2.40. The highest BCUT2D eigenvalue weighted by atomic mass is 19.1. The fraction of sp³-hybridized carbons (Fsp3) is 0.280. The fourth-order valence-corrected chi connectivity index (χ4v) is 3.03. The van der Waals surface area contributed by atoms with Crippen LogP contribution in [0.3, 0.4) is 0 Å². The number of aromatic hydroxyl groups is 2. The van der Waals surface area contributed by atoms with Crippen LogP contribution in [0, 0.1) is 0 Å². The molecule has 0 saturated carbocycles. The van der Waals surface area contributed by atoms with E-state index < -0.39 is 23.8 Å². The molecule has 2 aromatic carbocycles. The van der Waals surface area contributed by atoms with Gasteiger partial charge >= 0.3 is 0 Å². The van der Waals surface area contributed by atoms with Crippen LogP contribution < -0.4 is 4.74 Å². The van der Waals surface area contributed by atoms with Crippen molar-refractivity contribution in [1.29, 1.82) is 0 Å². The van der Waals surface area contributed by atoms with E-state index >= 15 is 4.39 Å². The number of methoxy groups -OCH3 is 1. The molecular formula is C25H27FO6. The summed E-state index contributed by atoms with van der Waals surface area (Å²) >= 11 is 0. The molecule has 0 saturated heterocycles. The summed E-state index contributed by atoms with van der Waals surface area (Å²) in [6.45, 7) is 1.44. The summed E-state index contributed by atoms with van der Waals surface area (Å²) in [5.74, 6) is -1.92. The van der Waals surface area contributed by atoms with Crippen molar-refractivity contribution in [2.75, 3.05) is 7.11 Å². The molecule has 1 unspecified atom stereocenters. The molecular weight excluding hydrogens is 415 g/mol. The molecule has 0 fully saturated rings. The lowest BCUT2D eigenvalue weighted by Gasteiger charge is -2.19. The molecule has 32 heavy (non-hydrogen) atoms. The number of ether oxygens (including phenoxy) is 1. The second-order valence-electron chi connectivity index (χ2n) is 7.28. The lowest BCUT2D eigenvalue weighted by molar-refractivity contribution is -0.137. The molecule has 3 N–H and O–H groups in total. The van der Waals surface area contributed by atoms with Crippen LogP contribution in [0.25, 0.3) is 12.2 Å². The minimum Gasteiger partial charge on any atom is -0.508 e. The first-order valence-corrected chi connectivity index (χ1v) is 10.2. The van der Waals surface area contributed by atoms with E-state index in [1.165, 1.54) is 55.7 Å². The SMILES string of the molecule is CCCCC(F)(C(=O)/C=C/c1ccc(O)c(CO)c1)C(=O)/C=C/c1ccc(O)c(OC)c1. The summed E-state index contributed by atoms with van der Waals surface area (Å²) in [5.41, 5.74) is -1.49. The van der Waals surface area contributed by atoms with Gasteiger partial charge in [-0.1, -0.05) is 37.6 Å². The standard InChI is InChI=1S/C25H27FO6/c1-3-4-13-25(26,23(30)11-7-17-5-9-20(28)19(14-17)16-27)24(31)12-8-18-6-10-21(29)22(15-18)32-2/h5-12,14-15,27-29H,3-4,13,16H2,1-2H3/b11-7+,12-8+. The van der Waals surface area contributed by atoms with Crippen LogP contribution in [0.15, 0.2) is 48.6 Å². The molecule has 0 bridgehead atoms. The van der Waals surface area contributed by atoms with Crippen LogP contribution in [0.5, 0.6) is 17.2 Å². The molecule has 2 rings (SSSR count). The molecule has 0 amide bonds. The zero-order valence-electron chi connectivity index (χ0n) is 18.0. The smallest absolute Gasteiger partial charge is 0.234 e. The molecule has 7 heteroatoms. The number of hydrogen-bond acceptors (Lipinski definition) is 6. The maximum absolute atomic E-state index is 15.6. The number of carbonyl (C=O) groups excluding carboxylic acids is 2. The Morgan fingerprint density at radius 2 is 1.56 bits per heavy atom. The zero-order chi connectivity index (χ0) is 23.7. The van der Waals surface area contributed by atoms with E-state index in [1.54, 1.807) is 0 Å². The zero-order valence-corrected chi connectivity index (χ0v) is 18.0. The van der Waals surface area contributed by atoms with Gasteiger partial charge in [0.2, 0.25) is 17.2 Å². The number of aliphatic hydroxyl groups is 1. The summed E-state index contributed by atoms with van der Waals surface area (Å²) in [6.07, 6.45) is 5.39. The molecule has 2 aromatic rings. The van der Waals surface area contributed by atoms with E-state index in [9.17, 15) is 24.9 Å². The lowest BCUT2D eigenvalue weighted by atomic mass is 9.88. The average molecular weight is 442 g/mol. The number of halogens is 1. The van der Waals surface area contributed by atoms with Gasteiger partial charge in [-0.2, -0.15) is 0 Å². The molecule has 0 spiro atoms. The number of unbranched alkanes of at least 4 members (excludes halogenated alkanes) is 1. The fourth-order valence-electron chi connectivity index (χ4n) is 3.03. The topological polar surface area (TPSA) is 104 Å². The van der Waals surface area contributed by atoms with Gasteiger partial charge in [-0.3, -0.25) is 9.59 Å². The van der Waals surface area contributed by atoms with Gasteiger partial charge in [-0.05, 0) is 60.4 Å².